The Kier molecular flexibility index (Phi) is 2.84. The number of hydrogen-bond acceptors (Lipinski definition) is 2. The Morgan fingerprint density at radius 3 is 2.59 bits per heavy atom. The van der Waals surface area contributed by atoms with Crippen molar-refractivity contribution in [2.45, 2.75) is 13.8 Å². The predicted molar refractivity (Wildman–Crippen MR) is 67.7 cm³/mol. The Hall–Kier alpha value is -2.27. The Bertz CT molecular complexity index is 609. The highest BCUT2D eigenvalue weighted by atomic mass is 16.3. The summed E-state index contributed by atoms with van der Waals surface area (Å²) in [5.41, 5.74) is 4.78. The fourth-order valence-corrected chi connectivity index (χ4v) is 1.86. The molecule has 0 aliphatic heterocycles. The molecule has 0 unspecified atom stereocenters. The minimum Gasteiger partial charge on any atom is -0.507 e. The van der Waals surface area contributed by atoms with Gasteiger partial charge in [0.05, 0.1) is 5.56 Å². The van der Waals surface area contributed by atoms with Gasteiger partial charge in [-0.1, -0.05) is 24.3 Å². The molecular formula is C15H13NO. The van der Waals surface area contributed by atoms with Gasteiger partial charge >= 0.3 is 0 Å². The van der Waals surface area contributed by atoms with Crippen molar-refractivity contribution in [3.63, 3.8) is 0 Å². The second kappa shape index (κ2) is 4.31. The molecule has 0 radical (unpaired) electrons. The molecule has 2 rings (SSSR count). The zero-order valence-electron chi connectivity index (χ0n) is 9.86. The largest absolute Gasteiger partial charge is 0.507 e. The minimum atomic E-state index is 0.0292. The Morgan fingerprint density at radius 2 is 1.88 bits per heavy atom. The van der Waals surface area contributed by atoms with E-state index < -0.39 is 0 Å². The highest BCUT2D eigenvalue weighted by Gasteiger charge is 2.07. The van der Waals surface area contributed by atoms with Crippen LogP contribution in [0.1, 0.15) is 16.7 Å². The zero-order valence-corrected chi connectivity index (χ0v) is 9.86. The molecule has 17 heavy (non-hydrogen) atoms. The highest BCUT2D eigenvalue weighted by molar-refractivity contribution is 5.71. The number of aromatic hydroxyl groups is 1. The summed E-state index contributed by atoms with van der Waals surface area (Å²) in [7, 11) is 0. The Morgan fingerprint density at radius 1 is 1.12 bits per heavy atom. The van der Waals surface area contributed by atoms with E-state index in [0.717, 1.165) is 11.1 Å². The average Bonchev–Trinajstić information content (AvgIpc) is 2.34. The second-order valence-electron chi connectivity index (χ2n) is 4.09. The van der Waals surface area contributed by atoms with Crippen LogP contribution in [0.4, 0.5) is 0 Å². The van der Waals surface area contributed by atoms with Gasteiger partial charge in [-0.05, 0) is 48.2 Å². The van der Waals surface area contributed by atoms with Crippen LogP contribution >= 0.6 is 0 Å². The first-order valence-electron chi connectivity index (χ1n) is 5.43. The van der Waals surface area contributed by atoms with Crippen LogP contribution in [0.5, 0.6) is 5.75 Å². The molecule has 2 aromatic rings. The summed E-state index contributed by atoms with van der Waals surface area (Å²) in [5.74, 6) is 0.0292. The topological polar surface area (TPSA) is 44.0 Å². The highest BCUT2D eigenvalue weighted by Crippen LogP contribution is 2.28. The van der Waals surface area contributed by atoms with Crippen LogP contribution < -0.4 is 0 Å². The fraction of sp³-hybridized carbons (Fsp3) is 0.133. The normalized spacial score (nSPS) is 9.94. The van der Waals surface area contributed by atoms with E-state index in [2.05, 4.69) is 19.9 Å². The zero-order chi connectivity index (χ0) is 12.4. The van der Waals surface area contributed by atoms with E-state index >= 15 is 0 Å². The maximum Gasteiger partial charge on any atom is 0.133 e. The summed E-state index contributed by atoms with van der Waals surface area (Å²) in [6.07, 6.45) is 0. The van der Waals surface area contributed by atoms with E-state index in [1.807, 2.05) is 24.3 Å². The van der Waals surface area contributed by atoms with Crippen molar-refractivity contribution in [3.05, 3.63) is 53.1 Å². The van der Waals surface area contributed by atoms with Gasteiger partial charge in [-0.15, -0.1) is 0 Å². The van der Waals surface area contributed by atoms with Crippen LogP contribution in [0.2, 0.25) is 0 Å². The van der Waals surface area contributed by atoms with Crippen molar-refractivity contribution in [2.24, 2.45) is 0 Å². The molecule has 0 saturated heterocycles. The number of nitriles is 1. The summed E-state index contributed by atoms with van der Waals surface area (Å²) in [6, 6.07) is 13.2. The smallest absolute Gasteiger partial charge is 0.133 e. The molecule has 0 heterocycles. The molecule has 0 aliphatic rings. The minimum absolute atomic E-state index is 0.0292. The number of rotatable bonds is 1. The monoisotopic (exact) mass is 223 g/mol. The molecule has 84 valence electrons. The second-order valence-corrected chi connectivity index (χ2v) is 4.09. The van der Waals surface area contributed by atoms with Crippen LogP contribution in [0.3, 0.4) is 0 Å². The standard InChI is InChI=1S/C15H13NO/c1-10-4-3-5-14(11(10)2)12-6-7-15(17)13(8-12)9-16/h3-8,17H,1-2H3. The molecular weight excluding hydrogens is 210 g/mol. The van der Waals surface area contributed by atoms with Gasteiger partial charge < -0.3 is 5.11 Å². The lowest BCUT2D eigenvalue weighted by Gasteiger charge is -2.09. The number of phenolic OH excluding ortho intramolecular Hbond substituents is 1. The summed E-state index contributed by atoms with van der Waals surface area (Å²) < 4.78 is 0. The molecule has 0 saturated carbocycles. The number of phenols is 1. The molecule has 0 bridgehead atoms. The van der Waals surface area contributed by atoms with E-state index in [-0.39, 0.29) is 5.75 Å². The lowest BCUT2D eigenvalue weighted by molar-refractivity contribution is 0.473. The maximum atomic E-state index is 9.48. The van der Waals surface area contributed by atoms with Gasteiger partial charge in [-0.2, -0.15) is 5.26 Å². The van der Waals surface area contributed by atoms with Gasteiger partial charge in [0.1, 0.15) is 11.8 Å². The van der Waals surface area contributed by atoms with Gasteiger partial charge in [-0.3, -0.25) is 0 Å². The molecule has 2 nitrogen and oxygen atoms in total. The van der Waals surface area contributed by atoms with Crippen LogP contribution in [0.15, 0.2) is 36.4 Å². The van der Waals surface area contributed by atoms with Crippen molar-refractivity contribution in [1.29, 1.82) is 5.26 Å². The lowest BCUT2D eigenvalue weighted by atomic mass is 9.96. The first-order valence-corrected chi connectivity index (χ1v) is 5.43. The fourth-order valence-electron chi connectivity index (χ4n) is 1.86. The molecule has 1 N–H and O–H groups in total. The van der Waals surface area contributed by atoms with E-state index in [1.54, 1.807) is 12.1 Å². The van der Waals surface area contributed by atoms with Crippen molar-refractivity contribution in [2.75, 3.05) is 0 Å². The third-order valence-corrected chi connectivity index (χ3v) is 3.03. The molecule has 0 atom stereocenters. The first kappa shape index (κ1) is 11.2. The Labute approximate surface area is 101 Å². The van der Waals surface area contributed by atoms with Crippen molar-refractivity contribution < 1.29 is 5.11 Å². The van der Waals surface area contributed by atoms with Gasteiger partial charge in [0.15, 0.2) is 0 Å². The van der Waals surface area contributed by atoms with Crippen LogP contribution in [-0.2, 0) is 0 Å². The van der Waals surface area contributed by atoms with Crippen molar-refractivity contribution >= 4 is 0 Å². The summed E-state index contributed by atoms with van der Waals surface area (Å²) in [4.78, 5) is 0. The van der Waals surface area contributed by atoms with Crippen molar-refractivity contribution in [1.82, 2.24) is 0 Å². The molecule has 2 heteroatoms. The van der Waals surface area contributed by atoms with Crippen LogP contribution in [-0.4, -0.2) is 5.11 Å². The lowest BCUT2D eigenvalue weighted by Crippen LogP contribution is -1.88. The number of benzene rings is 2. The van der Waals surface area contributed by atoms with E-state index in [4.69, 9.17) is 5.26 Å². The number of aryl methyl sites for hydroxylation is 1. The molecule has 2 aromatic carbocycles. The van der Waals surface area contributed by atoms with Crippen LogP contribution in [0, 0.1) is 25.2 Å². The van der Waals surface area contributed by atoms with Gasteiger partial charge in [0.2, 0.25) is 0 Å². The third-order valence-electron chi connectivity index (χ3n) is 3.03. The number of hydrogen-bond donors (Lipinski definition) is 1. The Balaban J connectivity index is 2.62. The summed E-state index contributed by atoms with van der Waals surface area (Å²) in [6.45, 7) is 4.12. The third kappa shape index (κ3) is 2.00. The van der Waals surface area contributed by atoms with E-state index in [0.29, 0.717) is 5.56 Å². The van der Waals surface area contributed by atoms with Gasteiger partial charge in [0, 0.05) is 0 Å². The summed E-state index contributed by atoms with van der Waals surface area (Å²) in [5, 5.41) is 18.4. The van der Waals surface area contributed by atoms with E-state index in [9.17, 15) is 5.11 Å². The SMILES string of the molecule is Cc1cccc(-c2ccc(O)c(C#N)c2)c1C. The molecule has 0 aromatic heterocycles. The van der Waals surface area contributed by atoms with Gasteiger partial charge in [-0.25, -0.2) is 0 Å². The first-order chi connectivity index (χ1) is 8.13. The summed E-state index contributed by atoms with van der Waals surface area (Å²) >= 11 is 0. The maximum absolute atomic E-state index is 9.48. The van der Waals surface area contributed by atoms with Crippen molar-refractivity contribution in [3.8, 4) is 22.9 Å². The molecule has 0 spiro atoms. The average molecular weight is 223 g/mol. The number of nitrogens with zero attached hydrogens (tertiary/aromatic N) is 1. The molecule has 0 amide bonds. The van der Waals surface area contributed by atoms with E-state index in [1.165, 1.54) is 11.1 Å². The quantitative estimate of drug-likeness (QED) is 0.803. The molecule has 0 fully saturated rings. The predicted octanol–water partition coefficient (Wildman–Crippen LogP) is 3.55. The van der Waals surface area contributed by atoms with Gasteiger partial charge in [0.25, 0.3) is 0 Å². The van der Waals surface area contributed by atoms with Crippen LogP contribution in [0.25, 0.3) is 11.1 Å². The molecule has 0 aliphatic carbocycles.